The van der Waals surface area contributed by atoms with Crippen molar-refractivity contribution < 1.29 is 10.2 Å². The Hall–Kier alpha value is -0.910. The lowest BCUT2D eigenvalue weighted by Crippen LogP contribution is -1.98. The molecule has 1 unspecified atom stereocenters. The van der Waals surface area contributed by atoms with Crippen molar-refractivity contribution in [2.75, 3.05) is 6.61 Å². The van der Waals surface area contributed by atoms with E-state index in [4.69, 9.17) is 5.11 Å². The molecular formula is C18H21IO2. The zero-order chi connectivity index (χ0) is 15.1. The van der Waals surface area contributed by atoms with E-state index in [2.05, 4.69) is 46.9 Å². The van der Waals surface area contributed by atoms with Crippen LogP contribution in [0, 0.1) is 3.57 Å². The maximum Gasteiger partial charge on any atom is 0.0790 e. The van der Waals surface area contributed by atoms with Crippen LogP contribution in [-0.2, 0) is 0 Å². The molecule has 0 aliphatic carbocycles. The van der Waals surface area contributed by atoms with E-state index in [1.165, 1.54) is 14.7 Å². The molecule has 0 heterocycles. The molecule has 0 fully saturated rings. The summed E-state index contributed by atoms with van der Waals surface area (Å²) in [7, 11) is 0. The van der Waals surface area contributed by atoms with Gasteiger partial charge in [0.1, 0.15) is 0 Å². The molecule has 0 spiro atoms. The average Bonchev–Trinajstić information content (AvgIpc) is 2.52. The fraction of sp³-hybridized carbons (Fsp3) is 0.333. The number of hydrogen-bond donors (Lipinski definition) is 2. The molecule has 2 aromatic carbocycles. The van der Waals surface area contributed by atoms with E-state index in [9.17, 15) is 5.11 Å². The van der Waals surface area contributed by atoms with Gasteiger partial charge in [-0.2, -0.15) is 0 Å². The van der Waals surface area contributed by atoms with Crippen LogP contribution in [-0.4, -0.2) is 16.8 Å². The number of benzene rings is 2. The molecule has 0 aromatic heterocycles. The van der Waals surface area contributed by atoms with Gasteiger partial charge in [0.25, 0.3) is 0 Å². The first-order valence-corrected chi connectivity index (χ1v) is 8.44. The lowest BCUT2D eigenvalue weighted by atomic mass is 9.99. The van der Waals surface area contributed by atoms with E-state index in [-0.39, 0.29) is 6.61 Å². The zero-order valence-corrected chi connectivity index (χ0v) is 14.2. The molecule has 0 radical (unpaired) electrons. The fourth-order valence-electron chi connectivity index (χ4n) is 2.37. The highest BCUT2D eigenvalue weighted by molar-refractivity contribution is 14.1. The third kappa shape index (κ3) is 4.80. The Balaban J connectivity index is 2.00. The molecule has 2 N–H and O–H groups in total. The SMILES string of the molecule is OCCCCCC(O)c1ccc(-c2ccccc2I)cc1. The van der Waals surface area contributed by atoms with Gasteiger partial charge in [0.15, 0.2) is 0 Å². The highest BCUT2D eigenvalue weighted by Gasteiger charge is 2.08. The molecule has 112 valence electrons. The van der Waals surface area contributed by atoms with Crippen LogP contribution in [0.3, 0.4) is 0 Å². The van der Waals surface area contributed by atoms with Crippen molar-refractivity contribution in [1.29, 1.82) is 0 Å². The van der Waals surface area contributed by atoms with Gasteiger partial charge in [0.05, 0.1) is 6.10 Å². The molecule has 3 heteroatoms. The summed E-state index contributed by atoms with van der Waals surface area (Å²) in [5.74, 6) is 0. The highest BCUT2D eigenvalue weighted by atomic mass is 127. The summed E-state index contributed by atoms with van der Waals surface area (Å²) in [6.45, 7) is 0.237. The van der Waals surface area contributed by atoms with Gasteiger partial charge in [0.2, 0.25) is 0 Å². The monoisotopic (exact) mass is 396 g/mol. The Morgan fingerprint density at radius 1 is 0.905 bits per heavy atom. The molecule has 0 aliphatic heterocycles. The first-order valence-electron chi connectivity index (χ1n) is 7.36. The van der Waals surface area contributed by atoms with Gasteiger partial charge in [0, 0.05) is 10.2 Å². The Morgan fingerprint density at radius 3 is 2.29 bits per heavy atom. The van der Waals surface area contributed by atoms with E-state index >= 15 is 0 Å². The smallest absolute Gasteiger partial charge is 0.0790 e. The van der Waals surface area contributed by atoms with Crippen LogP contribution in [0.2, 0.25) is 0 Å². The summed E-state index contributed by atoms with van der Waals surface area (Å²) in [6, 6.07) is 16.5. The maximum absolute atomic E-state index is 10.2. The van der Waals surface area contributed by atoms with Crippen LogP contribution in [0.4, 0.5) is 0 Å². The van der Waals surface area contributed by atoms with Crippen molar-refractivity contribution in [2.24, 2.45) is 0 Å². The van der Waals surface area contributed by atoms with Crippen LogP contribution in [0.25, 0.3) is 11.1 Å². The van der Waals surface area contributed by atoms with E-state index in [1.54, 1.807) is 0 Å². The second kappa shape index (κ2) is 8.51. The van der Waals surface area contributed by atoms with Crippen LogP contribution in [0.15, 0.2) is 48.5 Å². The molecule has 2 aromatic rings. The maximum atomic E-state index is 10.2. The normalized spacial score (nSPS) is 12.3. The van der Waals surface area contributed by atoms with Crippen molar-refractivity contribution in [3.05, 3.63) is 57.7 Å². The number of hydrogen-bond acceptors (Lipinski definition) is 2. The quantitative estimate of drug-likeness (QED) is 0.533. The number of unbranched alkanes of at least 4 members (excludes halogenated alkanes) is 2. The predicted molar refractivity (Wildman–Crippen MR) is 95.1 cm³/mol. The van der Waals surface area contributed by atoms with E-state index in [1.807, 2.05) is 24.3 Å². The Labute approximate surface area is 140 Å². The lowest BCUT2D eigenvalue weighted by Gasteiger charge is -2.12. The van der Waals surface area contributed by atoms with Crippen LogP contribution < -0.4 is 0 Å². The average molecular weight is 396 g/mol. The van der Waals surface area contributed by atoms with Crippen LogP contribution in [0.5, 0.6) is 0 Å². The molecular weight excluding hydrogens is 375 g/mol. The number of rotatable bonds is 7. The fourth-order valence-corrected chi connectivity index (χ4v) is 3.07. The molecule has 0 amide bonds. The van der Waals surface area contributed by atoms with Crippen molar-refractivity contribution in [3.63, 3.8) is 0 Å². The van der Waals surface area contributed by atoms with E-state index in [0.717, 1.165) is 31.2 Å². The van der Waals surface area contributed by atoms with Crippen LogP contribution >= 0.6 is 22.6 Å². The predicted octanol–water partition coefficient (Wildman–Crippen LogP) is 4.54. The summed E-state index contributed by atoms with van der Waals surface area (Å²) in [6.07, 6.45) is 3.07. The highest BCUT2D eigenvalue weighted by Crippen LogP contribution is 2.27. The van der Waals surface area contributed by atoms with Gasteiger partial charge in [-0.3, -0.25) is 0 Å². The molecule has 21 heavy (non-hydrogen) atoms. The van der Waals surface area contributed by atoms with Crippen molar-refractivity contribution in [2.45, 2.75) is 31.8 Å². The molecule has 1 atom stereocenters. The molecule has 0 aliphatic rings. The van der Waals surface area contributed by atoms with Gasteiger partial charge in [-0.1, -0.05) is 55.3 Å². The first-order chi connectivity index (χ1) is 10.2. The van der Waals surface area contributed by atoms with Gasteiger partial charge < -0.3 is 10.2 Å². The van der Waals surface area contributed by atoms with Gasteiger partial charge in [-0.05, 0) is 58.2 Å². The minimum Gasteiger partial charge on any atom is -0.396 e. The third-order valence-corrected chi connectivity index (χ3v) is 4.56. The number of halogens is 1. The van der Waals surface area contributed by atoms with Crippen LogP contribution in [0.1, 0.15) is 37.4 Å². The summed E-state index contributed by atoms with van der Waals surface area (Å²) < 4.78 is 1.23. The minimum atomic E-state index is -0.410. The van der Waals surface area contributed by atoms with Crippen molar-refractivity contribution >= 4 is 22.6 Å². The summed E-state index contributed by atoms with van der Waals surface area (Å²) >= 11 is 2.34. The lowest BCUT2D eigenvalue weighted by molar-refractivity contribution is 0.162. The Bertz CT molecular complexity index is 551. The first kappa shape index (κ1) is 16.5. The Kier molecular flexibility index (Phi) is 6.67. The zero-order valence-electron chi connectivity index (χ0n) is 12.0. The Morgan fingerprint density at radius 2 is 1.62 bits per heavy atom. The number of aliphatic hydroxyl groups excluding tert-OH is 2. The standard InChI is InChI=1S/C18H21IO2/c19-17-7-4-3-6-16(17)14-9-11-15(12-10-14)18(21)8-2-1-5-13-20/h3-4,6-7,9-12,18,20-21H,1-2,5,8,13H2. The summed E-state index contributed by atoms with van der Waals surface area (Å²) in [5.41, 5.74) is 3.37. The molecule has 0 saturated carbocycles. The van der Waals surface area contributed by atoms with Gasteiger partial charge in [-0.15, -0.1) is 0 Å². The van der Waals surface area contributed by atoms with Crippen molar-refractivity contribution in [3.8, 4) is 11.1 Å². The molecule has 2 nitrogen and oxygen atoms in total. The van der Waals surface area contributed by atoms with E-state index < -0.39 is 6.10 Å². The van der Waals surface area contributed by atoms with Crippen molar-refractivity contribution in [1.82, 2.24) is 0 Å². The third-order valence-electron chi connectivity index (χ3n) is 3.62. The van der Waals surface area contributed by atoms with Gasteiger partial charge >= 0.3 is 0 Å². The van der Waals surface area contributed by atoms with E-state index in [0.29, 0.717) is 0 Å². The summed E-state index contributed by atoms with van der Waals surface area (Å²) in [5, 5.41) is 18.9. The minimum absolute atomic E-state index is 0.237. The number of aliphatic hydroxyl groups is 2. The molecule has 0 bridgehead atoms. The summed E-state index contributed by atoms with van der Waals surface area (Å²) in [4.78, 5) is 0. The topological polar surface area (TPSA) is 40.5 Å². The second-order valence-corrected chi connectivity index (χ2v) is 6.35. The second-order valence-electron chi connectivity index (χ2n) is 5.19. The molecule has 2 rings (SSSR count). The molecule has 0 saturated heterocycles. The largest absolute Gasteiger partial charge is 0.396 e. The van der Waals surface area contributed by atoms with Gasteiger partial charge in [-0.25, -0.2) is 0 Å².